The Hall–Kier alpha value is -1.02. The van der Waals surface area contributed by atoms with Gasteiger partial charge in [-0.15, -0.1) is 0 Å². The van der Waals surface area contributed by atoms with Crippen LogP contribution in [0.2, 0.25) is 0 Å². The van der Waals surface area contributed by atoms with E-state index in [1.807, 2.05) is 12.1 Å². The van der Waals surface area contributed by atoms with Gasteiger partial charge in [-0.3, -0.25) is 0 Å². The van der Waals surface area contributed by atoms with Gasteiger partial charge in [-0.05, 0) is 23.3 Å². The van der Waals surface area contributed by atoms with Crippen LogP contribution in [0.15, 0.2) is 18.2 Å². The van der Waals surface area contributed by atoms with Crippen molar-refractivity contribution in [3.63, 3.8) is 0 Å². The van der Waals surface area contributed by atoms with Crippen molar-refractivity contribution in [2.45, 2.75) is 13.0 Å². The van der Waals surface area contributed by atoms with Gasteiger partial charge >= 0.3 is 0 Å². The van der Waals surface area contributed by atoms with E-state index in [1.165, 1.54) is 11.1 Å². The number of hydrogen-bond acceptors (Lipinski definition) is 2. The summed E-state index contributed by atoms with van der Waals surface area (Å²) >= 11 is 0. The summed E-state index contributed by atoms with van der Waals surface area (Å²) in [6.07, 6.45) is 1.03. The number of rotatable bonds is 2. The van der Waals surface area contributed by atoms with E-state index in [1.54, 1.807) is 7.11 Å². The first-order valence-electron chi connectivity index (χ1n) is 4.13. The maximum Gasteiger partial charge on any atom is 0.122 e. The lowest BCUT2D eigenvalue weighted by molar-refractivity contribution is 0.185. The van der Waals surface area contributed by atoms with Crippen molar-refractivity contribution in [1.29, 1.82) is 0 Å². The largest absolute Gasteiger partial charge is 0.493 e. The zero-order chi connectivity index (χ0) is 8.39. The van der Waals surface area contributed by atoms with Gasteiger partial charge in [-0.25, -0.2) is 0 Å². The van der Waals surface area contributed by atoms with E-state index in [2.05, 4.69) is 6.07 Å². The quantitative estimate of drug-likeness (QED) is 0.663. The molecule has 1 heterocycles. The number of ether oxygens (including phenoxy) is 2. The molecule has 12 heavy (non-hydrogen) atoms. The van der Waals surface area contributed by atoms with Crippen LogP contribution in [0.5, 0.6) is 5.75 Å². The van der Waals surface area contributed by atoms with E-state index in [0.29, 0.717) is 6.61 Å². The van der Waals surface area contributed by atoms with Crippen LogP contribution in [0.4, 0.5) is 0 Å². The molecule has 0 bridgehead atoms. The Morgan fingerprint density at radius 1 is 1.50 bits per heavy atom. The SMILES string of the molecule is COCc1ccc2c(c1)CCO2. The highest BCUT2D eigenvalue weighted by Crippen LogP contribution is 2.25. The molecule has 0 amide bonds. The molecule has 0 saturated carbocycles. The van der Waals surface area contributed by atoms with Gasteiger partial charge in [0.05, 0.1) is 13.2 Å². The Kier molecular flexibility index (Phi) is 2.00. The van der Waals surface area contributed by atoms with Crippen LogP contribution >= 0.6 is 0 Å². The minimum Gasteiger partial charge on any atom is -0.493 e. The van der Waals surface area contributed by atoms with E-state index in [0.717, 1.165) is 18.8 Å². The molecule has 2 rings (SSSR count). The second kappa shape index (κ2) is 3.15. The van der Waals surface area contributed by atoms with Crippen LogP contribution in [0.3, 0.4) is 0 Å². The lowest BCUT2D eigenvalue weighted by atomic mass is 10.1. The molecule has 0 unspecified atom stereocenters. The fourth-order valence-corrected chi connectivity index (χ4v) is 1.50. The van der Waals surface area contributed by atoms with Crippen LogP contribution in [0.25, 0.3) is 0 Å². The average Bonchev–Trinajstić information content (AvgIpc) is 2.51. The van der Waals surface area contributed by atoms with Crippen molar-refractivity contribution in [2.75, 3.05) is 13.7 Å². The van der Waals surface area contributed by atoms with E-state index < -0.39 is 0 Å². The highest BCUT2D eigenvalue weighted by Gasteiger charge is 2.11. The number of methoxy groups -OCH3 is 1. The zero-order valence-electron chi connectivity index (χ0n) is 7.17. The van der Waals surface area contributed by atoms with Gasteiger partial charge in [0.1, 0.15) is 5.75 Å². The van der Waals surface area contributed by atoms with Gasteiger partial charge in [0.15, 0.2) is 0 Å². The van der Waals surface area contributed by atoms with Crippen molar-refractivity contribution in [2.24, 2.45) is 0 Å². The van der Waals surface area contributed by atoms with Crippen LogP contribution in [-0.4, -0.2) is 13.7 Å². The second-order valence-electron chi connectivity index (χ2n) is 2.97. The van der Waals surface area contributed by atoms with Crippen LogP contribution in [0, 0.1) is 0 Å². The summed E-state index contributed by atoms with van der Waals surface area (Å²) in [6.45, 7) is 1.51. The van der Waals surface area contributed by atoms with E-state index in [4.69, 9.17) is 9.47 Å². The molecule has 0 spiro atoms. The van der Waals surface area contributed by atoms with Crippen molar-refractivity contribution in [3.8, 4) is 5.75 Å². The summed E-state index contributed by atoms with van der Waals surface area (Å²) in [5.74, 6) is 1.04. The third-order valence-electron chi connectivity index (χ3n) is 2.06. The lowest BCUT2D eigenvalue weighted by Gasteiger charge is -2.02. The van der Waals surface area contributed by atoms with Crippen LogP contribution in [-0.2, 0) is 17.8 Å². The highest BCUT2D eigenvalue weighted by atomic mass is 16.5. The monoisotopic (exact) mass is 164 g/mol. The molecule has 1 aliphatic rings. The zero-order valence-corrected chi connectivity index (χ0v) is 7.17. The summed E-state index contributed by atoms with van der Waals surface area (Å²) < 4.78 is 10.4. The lowest BCUT2D eigenvalue weighted by Crippen LogP contribution is -1.88. The predicted octanol–water partition coefficient (Wildman–Crippen LogP) is 1.77. The molecule has 0 N–H and O–H groups in total. The van der Waals surface area contributed by atoms with Crippen LogP contribution < -0.4 is 4.74 Å². The maximum atomic E-state index is 5.39. The van der Waals surface area contributed by atoms with Crippen LogP contribution in [0.1, 0.15) is 11.1 Å². The van der Waals surface area contributed by atoms with E-state index >= 15 is 0 Å². The summed E-state index contributed by atoms with van der Waals surface area (Å²) in [6, 6.07) is 6.23. The standard InChI is InChI=1S/C10H12O2/c1-11-7-8-2-3-10-9(6-8)4-5-12-10/h2-3,6H,4-5,7H2,1H3. The van der Waals surface area contributed by atoms with E-state index in [-0.39, 0.29) is 0 Å². The van der Waals surface area contributed by atoms with Gasteiger partial charge in [0.25, 0.3) is 0 Å². The minimum atomic E-state index is 0.688. The Morgan fingerprint density at radius 3 is 3.25 bits per heavy atom. The smallest absolute Gasteiger partial charge is 0.122 e. The maximum absolute atomic E-state index is 5.39. The first-order chi connectivity index (χ1) is 5.90. The molecule has 64 valence electrons. The fraction of sp³-hybridized carbons (Fsp3) is 0.400. The first-order valence-corrected chi connectivity index (χ1v) is 4.13. The summed E-state index contributed by atoms with van der Waals surface area (Å²) in [7, 11) is 1.71. The molecular weight excluding hydrogens is 152 g/mol. The fourth-order valence-electron chi connectivity index (χ4n) is 1.50. The molecule has 1 aromatic rings. The molecule has 0 saturated heterocycles. The number of benzene rings is 1. The summed E-state index contributed by atoms with van der Waals surface area (Å²) in [4.78, 5) is 0. The van der Waals surface area contributed by atoms with Crippen molar-refractivity contribution in [3.05, 3.63) is 29.3 Å². The van der Waals surface area contributed by atoms with Gasteiger partial charge in [0.2, 0.25) is 0 Å². The number of hydrogen-bond donors (Lipinski definition) is 0. The molecule has 2 nitrogen and oxygen atoms in total. The first kappa shape index (κ1) is 7.62. The molecule has 2 heteroatoms. The highest BCUT2D eigenvalue weighted by molar-refractivity contribution is 5.39. The minimum absolute atomic E-state index is 0.688. The molecule has 1 aromatic carbocycles. The van der Waals surface area contributed by atoms with Crippen molar-refractivity contribution >= 4 is 0 Å². The summed E-state index contributed by atoms with van der Waals surface area (Å²) in [5.41, 5.74) is 2.53. The average molecular weight is 164 g/mol. The van der Waals surface area contributed by atoms with Gasteiger partial charge in [-0.2, -0.15) is 0 Å². The summed E-state index contributed by atoms with van der Waals surface area (Å²) in [5, 5.41) is 0. The molecule has 0 aromatic heterocycles. The number of fused-ring (bicyclic) bond motifs is 1. The van der Waals surface area contributed by atoms with Gasteiger partial charge < -0.3 is 9.47 Å². The van der Waals surface area contributed by atoms with Gasteiger partial charge in [0, 0.05) is 13.5 Å². The normalized spacial score (nSPS) is 14.1. The molecule has 0 atom stereocenters. The Labute approximate surface area is 72.1 Å². The third-order valence-corrected chi connectivity index (χ3v) is 2.06. The predicted molar refractivity (Wildman–Crippen MR) is 46.4 cm³/mol. The van der Waals surface area contributed by atoms with Gasteiger partial charge in [-0.1, -0.05) is 6.07 Å². The third kappa shape index (κ3) is 1.30. The Balaban J connectivity index is 2.26. The molecule has 0 fully saturated rings. The molecule has 1 aliphatic heterocycles. The van der Waals surface area contributed by atoms with Crippen molar-refractivity contribution in [1.82, 2.24) is 0 Å². The molecule has 0 aliphatic carbocycles. The Morgan fingerprint density at radius 2 is 2.42 bits per heavy atom. The molecule has 0 radical (unpaired) electrons. The topological polar surface area (TPSA) is 18.5 Å². The van der Waals surface area contributed by atoms with E-state index in [9.17, 15) is 0 Å². The molecular formula is C10H12O2. The van der Waals surface area contributed by atoms with Crippen molar-refractivity contribution < 1.29 is 9.47 Å². The Bertz CT molecular complexity index is 281. The second-order valence-corrected chi connectivity index (χ2v) is 2.97.